The first kappa shape index (κ1) is 13.1. The van der Waals surface area contributed by atoms with Crippen LogP contribution in [0, 0.1) is 6.92 Å². The van der Waals surface area contributed by atoms with Crippen LogP contribution in [0.1, 0.15) is 41.4 Å². The molecule has 1 aromatic carbocycles. The molecule has 5 heteroatoms. The van der Waals surface area contributed by atoms with Crippen molar-refractivity contribution in [2.45, 2.75) is 26.7 Å². The predicted octanol–water partition coefficient (Wildman–Crippen LogP) is 3.18. The summed E-state index contributed by atoms with van der Waals surface area (Å²) in [4.78, 5) is 10.8. The maximum Gasteiger partial charge on any atom is 0.374 e. The van der Waals surface area contributed by atoms with E-state index in [9.17, 15) is 9.90 Å². The highest BCUT2D eigenvalue weighted by molar-refractivity contribution is 5.86. The van der Waals surface area contributed by atoms with Crippen LogP contribution in [-0.4, -0.2) is 21.3 Å². The zero-order valence-corrected chi connectivity index (χ0v) is 11.0. The van der Waals surface area contributed by atoms with Gasteiger partial charge in [-0.2, -0.15) is 0 Å². The summed E-state index contributed by atoms with van der Waals surface area (Å²) in [6.07, 6.45) is 0. The van der Waals surface area contributed by atoms with E-state index >= 15 is 0 Å². The van der Waals surface area contributed by atoms with Crippen molar-refractivity contribution < 1.29 is 19.5 Å². The molecule has 0 aliphatic heterocycles. The number of aryl methyl sites for hydroxylation is 1. The topological polar surface area (TPSA) is 83.6 Å². The second-order valence-corrected chi connectivity index (χ2v) is 4.76. The van der Waals surface area contributed by atoms with Crippen LogP contribution in [-0.2, 0) is 0 Å². The Labute approximate surface area is 110 Å². The number of nitrogens with zero attached hydrogens (tertiary/aromatic N) is 1. The van der Waals surface area contributed by atoms with Crippen LogP contribution in [0.25, 0.3) is 11.3 Å². The van der Waals surface area contributed by atoms with Crippen LogP contribution in [0.4, 0.5) is 0 Å². The van der Waals surface area contributed by atoms with Gasteiger partial charge in [-0.25, -0.2) is 4.79 Å². The summed E-state index contributed by atoms with van der Waals surface area (Å²) < 4.78 is 4.75. The zero-order chi connectivity index (χ0) is 14.2. The fourth-order valence-electron chi connectivity index (χ4n) is 1.95. The van der Waals surface area contributed by atoms with Crippen LogP contribution in [0.5, 0.6) is 5.75 Å². The molecule has 0 aliphatic carbocycles. The number of carbonyl (C=O) groups is 1. The van der Waals surface area contributed by atoms with Crippen molar-refractivity contribution >= 4 is 5.97 Å². The Bertz CT molecular complexity index is 628. The van der Waals surface area contributed by atoms with Gasteiger partial charge >= 0.3 is 5.97 Å². The highest BCUT2D eigenvalue weighted by atomic mass is 16.5. The van der Waals surface area contributed by atoms with Crippen molar-refractivity contribution in [2.24, 2.45) is 0 Å². The minimum absolute atomic E-state index is 0.158. The SMILES string of the molecule is Cc1cc(O)c(C(C)C)cc1-c1cc(C(=O)O)on1. The van der Waals surface area contributed by atoms with E-state index < -0.39 is 5.97 Å². The standard InChI is InChI=1S/C14H15NO4/c1-7(2)9-5-10(8(3)4-12(9)16)11-6-13(14(17)18)19-15-11/h4-7,16H,1-3H3,(H,17,18). The third kappa shape index (κ3) is 2.45. The normalized spacial score (nSPS) is 10.9. The van der Waals surface area contributed by atoms with Crippen molar-refractivity contribution in [2.75, 3.05) is 0 Å². The monoisotopic (exact) mass is 261 g/mol. The van der Waals surface area contributed by atoms with Gasteiger partial charge in [0.05, 0.1) is 0 Å². The van der Waals surface area contributed by atoms with Gasteiger partial charge in [-0.1, -0.05) is 19.0 Å². The van der Waals surface area contributed by atoms with Gasteiger partial charge in [0.2, 0.25) is 5.76 Å². The molecule has 0 fully saturated rings. The highest BCUT2D eigenvalue weighted by Gasteiger charge is 2.16. The number of aromatic hydroxyl groups is 1. The molecule has 2 rings (SSSR count). The quantitative estimate of drug-likeness (QED) is 0.886. The Kier molecular flexibility index (Phi) is 3.29. The number of phenols is 1. The molecule has 19 heavy (non-hydrogen) atoms. The number of aromatic carboxylic acids is 1. The lowest BCUT2D eigenvalue weighted by Gasteiger charge is -2.12. The Morgan fingerprint density at radius 1 is 1.32 bits per heavy atom. The summed E-state index contributed by atoms with van der Waals surface area (Å²) in [6.45, 7) is 5.77. The minimum Gasteiger partial charge on any atom is -0.508 e. The summed E-state index contributed by atoms with van der Waals surface area (Å²) in [5, 5.41) is 22.5. The van der Waals surface area contributed by atoms with Gasteiger partial charge < -0.3 is 14.7 Å². The number of aromatic nitrogens is 1. The molecular formula is C14H15NO4. The first-order valence-electron chi connectivity index (χ1n) is 5.94. The molecule has 0 bridgehead atoms. The molecule has 100 valence electrons. The molecule has 0 aliphatic rings. The number of phenolic OH excluding ortho intramolecular Hbond substituents is 1. The van der Waals surface area contributed by atoms with Crippen molar-refractivity contribution in [3.8, 4) is 17.0 Å². The second-order valence-electron chi connectivity index (χ2n) is 4.76. The molecule has 5 nitrogen and oxygen atoms in total. The van der Waals surface area contributed by atoms with E-state index in [0.29, 0.717) is 5.69 Å². The highest BCUT2D eigenvalue weighted by Crippen LogP contribution is 2.33. The number of hydrogen-bond donors (Lipinski definition) is 2. The molecule has 0 saturated heterocycles. The van der Waals surface area contributed by atoms with Crippen LogP contribution >= 0.6 is 0 Å². The first-order chi connectivity index (χ1) is 8.90. The van der Waals surface area contributed by atoms with Crippen LogP contribution in [0.3, 0.4) is 0 Å². The van der Waals surface area contributed by atoms with Gasteiger partial charge in [0.1, 0.15) is 11.4 Å². The smallest absolute Gasteiger partial charge is 0.374 e. The number of benzene rings is 1. The number of hydrogen-bond acceptors (Lipinski definition) is 4. The fraction of sp³-hybridized carbons (Fsp3) is 0.286. The Morgan fingerprint density at radius 3 is 2.53 bits per heavy atom. The lowest BCUT2D eigenvalue weighted by Crippen LogP contribution is -1.93. The van der Waals surface area contributed by atoms with E-state index in [-0.39, 0.29) is 17.4 Å². The van der Waals surface area contributed by atoms with Crippen LogP contribution in [0.15, 0.2) is 22.7 Å². The Hall–Kier alpha value is -2.30. The molecule has 1 heterocycles. The van der Waals surface area contributed by atoms with Gasteiger partial charge in [0.15, 0.2) is 0 Å². The molecule has 0 atom stereocenters. The van der Waals surface area contributed by atoms with Crippen LogP contribution in [0.2, 0.25) is 0 Å². The minimum atomic E-state index is -1.15. The van der Waals surface area contributed by atoms with E-state index in [0.717, 1.165) is 16.7 Å². The molecule has 2 aromatic rings. The van der Waals surface area contributed by atoms with Gasteiger partial charge in [-0.05, 0) is 36.1 Å². The predicted molar refractivity (Wildman–Crippen MR) is 69.4 cm³/mol. The molecule has 0 radical (unpaired) electrons. The summed E-state index contributed by atoms with van der Waals surface area (Å²) >= 11 is 0. The largest absolute Gasteiger partial charge is 0.508 e. The first-order valence-corrected chi connectivity index (χ1v) is 5.94. The molecule has 2 N–H and O–H groups in total. The zero-order valence-electron chi connectivity index (χ0n) is 11.0. The maximum atomic E-state index is 10.8. The Morgan fingerprint density at radius 2 is 2.00 bits per heavy atom. The lowest BCUT2D eigenvalue weighted by molar-refractivity contribution is 0.0652. The maximum absolute atomic E-state index is 10.8. The third-order valence-corrected chi connectivity index (χ3v) is 2.99. The molecular weight excluding hydrogens is 246 g/mol. The van der Waals surface area contributed by atoms with E-state index in [4.69, 9.17) is 9.63 Å². The molecule has 0 amide bonds. The Balaban J connectivity index is 2.54. The van der Waals surface area contributed by atoms with Crippen molar-refractivity contribution in [3.63, 3.8) is 0 Å². The molecule has 1 aromatic heterocycles. The number of rotatable bonds is 3. The van der Waals surface area contributed by atoms with Crippen LogP contribution < -0.4 is 0 Å². The number of carboxylic acids is 1. The van der Waals surface area contributed by atoms with Gasteiger partial charge in [0, 0.05) is 11.6 Å². The average Bonchev–Trinajstić information content (AvgIpc) is 2.77. The fourth-order valence-corrected chi connectivity index (χ4v) is 1.95. The second kappa shape index (κ2) is 4.76. The van der Waals surface area contributed by atoms with Crippen molar-refractivity contribution in [3.05, 3.63) is 35.1 Å². The average molecular weight is 261 g/mol. The van der Waals surface area contributed by atoms with Gasteiger partial charge in [0.25, 0.3) is 0 Å². The molecule has 0 saturated carbocycles. The summed E-state index contributed by atoms with van der Waals surface area (Å²) in [5.41, 5.74) is 2.82. The van der Waals surface area contributed by atoms with E-state index in [1.54, 1.807) is 6.07 Å². The summed E-state index contributed by atoms with van der Waals surface area (Å²) in [5.74, 6) is -0.962. The van der Waals surface area contributed by atoms with E-state index in [1.807, 2.05) is 26.8 Å². The number of carboxylic acid groups (broad SMARTS) is 1. The van der Waals surface area contributed by atoms with Gasteiger partial charge in [-0.3, -0.25) is 0 Å². The summed E-state index contributed by atoms with van der Waals surface area (Å²) in [6, 6.07) is 4.85. The van der Waals surface area contributed by atoms with E-state index in [2.05, 4.69) is 5.16 Å². The lowest BCUT2D eigenvalue weighted by atomic mass is 9.95. The van der Waals surface area contributed by atoms with E-state index in [1.165, 1.54) is 6.07 Å². The van der Waals surface area contributed by atoms with Crippen molar-refractivity contribution in [1.29, 1.82) is 0 Å². The molecule has 0 spiro atoms. The molecule has 0 unspecified atom stereocenters. The van der Waals surface area contributed by atoms with Gasteiger partial charge in [-0.15, -0.1) is 0 Å². The van der Waals surface area contributed by atoms with Crippen molar-refractivity contribution in [1.82, 2.24) is 5.16 Å². The summed E-state index contributed by atoms with van der Waals surface area (Å²) in [7, 11) is 0. The third-order valence-electron chi connectivity index (χ3n) is 2.99.